The lowest BCUT2D eigenvalue weighted by molar-refractivity contribution is 0.107. The third-order valence-corrected chi connectivity index (χ3v) is 12.4. The second-order valence-corrected chi connectivity index (χ2v) is 15.0. The van der Waals surface area contributed by atoms with Crippen LogP contribution in [-0.4, -0.2) is 78.6 Å². The van der Waals surface area contributed by atoms with Crippen molar-refractivity contribution in [3.63, 3.8) is 0 Å². The van der Waals surface area contributed by atoms with E-state index >= 15 is 4.39 Å². The van der Waals surface area contributed by atoms with Crippen LogP contribution in [0, 0.1) is 28.4 Å². The third kappa shape index (κ3) is 4.27. The summed E-state index contributed by atoms with van der Waals surface area (Å²) in [6.45, 7) is 3.94. The zero-order chi connectivity index (χ0) is 32.2. The van der Waals surface area contributed by atoms with Crippen molar-refractivity contribution in [3.05, 3.63) is 34.4 Å². The maximum atomic E-state index is 17.2. The highest BCUT2D eigenvalue weighted by Crippen LogP contribution is 2.57. The number of anilines is 2. The molecule has 2 aromatic heterocycles. The van der Waals surface area contributed by atoms with Crippen LogP contribution in [0.1, 0.15) is 37.7 Å². The monoisotopic (exact) mass is 681 g/mol. The van der Waals surface area contributed by atoms with Crippen LogP contribution in [0.2, 0.25) is 5.02 Å². The molecule has 1 spiro atoms. The molecular weight excluding hydrogens is 651 g/mol. The van der Waals surface area contributed by atoms with E-state index in [1.807, 2.05) is 6.07 Å². The SMILES string of the molecule is N#Cc1c(N)sc2c(F)ccc(-c3c(Cl)c4c5c(nc(OC[C@@]67CCCN6C[C@H](F)C7)nc5c3F)N(C3CC35CCNC5)CCO4)c12. The van der Waals surface area contributed by atoms with E-state index in [0.717, 1.165) is 56.7 Å². The topological polar surface area (TPSA) is 113 Å². The van der Waals surface area contributed by atoms with E-state index in [2.05, 4.69) is 20.1 Å². The fourth-order valence-corrected chi connectivity index (χ4v) is 9.96. The van der Waals surface area contributed by atoms with E-state index in [9.17, 15) is 14.0 Å². The minimum atomic E-state index is -0.929. The Morgan fingerprint density at radius 2 is 2.09 bits per heavy atom. The number of hydrogen-bond donors (Lipinski definition) is 2. The molecule has 0 amide bonds. The second kappa shape index (κ2) is 10.5. The predicted octanol–water partition coefficient (Wildman–Crippen LogP) is 5.80. The van der Waals surface area contributed by atoms with Gasteiger partial charge >= 0.3 is 6.01 Å². The number of thiophene rings is 1. The van der Waals surface area contributed by atoms with Gasteiger partial charge in [-0.15, -0.1) is 11.3 Å². The van der Waals surface area contributed by atoms with E-state index in [1.54, 1.807) is 0 Å². The highest BCUT2D eigenvalue weighted by atomic mass is 35.5. The highest BCUT2D eigenvalue weighted by Gasteiger charge is 2.59. The molecular formula is C33H31ClF3N7O2S. The van der Waals surface area contributed by atoms with E-state index < -0.39 is 23.3 Å². The normalized spacial score (nSPS) is 28.2. The summed E-state index contributed by atoms with van der Waals surface area (Å²) in [7, 11) is 0. The first-order valence-electron chi connectivity index (χ1n) is 16.0. The maximum absolute atomic E-state index is 17.2. The Kier molecular flexibility index (Phi) is 6.58. The molecule has 244 valence electrons. The predicted molar refractivity (Wildman–Crippen MR) is 174 cm³/mol. The Morgan fingerprint density at radius 1 is 1.21 bits per heavy atom. The number of nitrogen functional groups attached to an aromatic ring is 1. The van der Waals surface area contributed by atoms with E-state index in [-0.39, 0.29) is 78.7 Å². The van der Waals surface area contributed by atoms with Gasteiger partial charge in [0.05, 0.1) is 32.8 Å². The molecule has 1 saturated carbocycles. The molecule has 47 heavy (non-hydrogen) atoms. The quantitative estimate of drug-likeness (QED) is 0.270. The lowest BCUT2D eigenvalue weighted by Crippen LogP contribution is -2.43. The van der Waals surface area contributed by atoms with Gasteiger partial charge in [0.1, 0.15) is 47.6 Å². The number of halogens is 4. The highest BCUT2D eigenvalue weighted by molar-refractivity contribution is 7.23. The van der Waals surface area contributed by atoms with Crippen LogP contribution in [0.4, 0.5) is 24.0 Å². The lowest BCUT2D eigenvalue weighted by Gasteiger charge is -2.31. The van der Waals surface area contributed by atoms with Gasteiger partial charge in [-0.05, 0) is 50.4 Å². The van der Waals surface area contributed by atoms with Crippen LogP contribution in [0.15, 0.2) is 12.1 Å². The Hall–Kier alpha value is -3.57. The van der Waals surface area contributed by atoms with Gasteiger partial charge in [-0.25, -0.2) is 13.2 Å². The fourth-order valence-electron chi connectivity index (χ4n) is 8.68. The number of hydrogen-bond acceptors (Lipinski definition) is 10. The van der Waals surface area contributed by atoms with E-state index in [4.69, 9.17) is 31.8 Å². The van der Waals surface area contributed by atoms with Crippen molar-refractivity contribution < 1.29 is 22.6 Å². The van der Waals surface area contributed by atoms with Crippen LogP contribution in [-0.2, 0) is 0 Å². The zero-order valence-corrected chi connectivity index (χ0v) is 26.9. The summed E-state index contributed by atoms with van der Waals surface area (Å²) < 4.78 is 59.4. The van der Waals surface area contributed by atoms with Crippen LogP contribution >= 0.6 is 22.9 Å². The summed E-state index contributed by atoms with van der Waals surface area (Å²) >= 11 is 7.97. The molecule has 4 atom stereocenters. The number of ether oxygens (including phenoxy) is 2. The molecule has 4 fully saturated rings. The average Bonchev–Trinajstić information content (AvgIpc) is 3.36. The number of nitrogens with two attached hydrogens (primary N) is 1. The first-order valence-corrected chi connectivity index (χ1v) is 17.2. The molecule has 9 rings (SSSR count). The number of nitrogens with zero attached hydrogens (tertiary/aromatic N) is 5. The molecule has 4 aliphatic heterocycles. The molecule has 1 aliphatic carbocycles. The van der Waals surface area contributed by atoms with Crippen molar-refractivity contribution in [1.29, 1.82) is 5.26 Å². The molecule has 0 radical (unpaired) electrons. The summed E-state index contributed by atoms with van der Waals surface area (Å²) in [6.07, 6.45) is 3.19. The number of nitriles is 1. The number of alkyl halides is 1. The Balaban J connectivity index is 1.25. The third-order valence-electron chi connectivity index (χ3n) is 11.0. The Morgan fingerprint density at radius 3 is 2.89 bits per heavy atom. The summed E-state index contributed by atoms with van der Waals surface area (Å²) in [6, 6.07) is 4.81. The van der Waals surface area contributed by atoms with Gasteiger partial charge in [0.25, 0.3) is 0 Å². The largest absolute Gasteiger partial charge is 0.489 e. The van der Waals surface area contributed by atoms with Crippen molar-refractivity contribution in [3.8, 4) is 29.0 Å². The maximum Gasteiger partial charge on any atom is 0.319 e. The van der Waals surface area contributed by atoms with Crippen molar-refractivity contribution >= 4 is 54.7 Å². The zero-order valence-electron chi connectivity index (χ0n) is 25.3. The molecule has 2 aromatic carbocycles. The molecule has 14 heteroatoms. The summed E-state index contributed by atoms with van der Waals surface area (Å²) in [4.78, 5) is 13.8. The summed E-state index contributed by atoms with van der Waals surface area (Å²) in [5.41, 5.74) is 5.88. The molecule has 4 aromatic rings. The number of benzene rings is 2. The van der Waals surface area contributed by atoms with Gasteiger partial charge in [0.15, 0.2) is 11.6 Å². The van der Waals surface area contributed by atoms with Crippen LogP contribution in [0.3, 0.4) is 0 Å². The molecule has 5 aliphatic rings. The van der Waals surface area contributed by atoms with Crippen LogP contribution in [0.5, 0.6) is 11.8 Å². The van der Waals surface area contributed by atoms with Crippen molar-refractivity contribution in [1.82, 2.24) is 20.2 Å². The van der Waals surface area contributed by atoms with Crippen molar-refractivity contribution in [2.75, 3.05) is 56.6 Å². The number of nitrogens with one attached hydrogen (secondary N) is 1. The number of rotatable bonds is 5. The van der Waals surface area contributed by atoms with Crippen LogP contribution < -0.4 is 25.4 Å². The Bertz CT molecular complexity index is 2030. The van der Waals surface area contributed by atoms with Gasteiger partial charge in [-0.1, -0.05) is 17.7 Å². The molecule has 3 N–H and O–H groups in total. The van der Waals surface area contributed by atoms with Gasteiger partial charge < -0.3 is 25.4 Å². The number of aromatic nitrogens is 2. The number of fused-ring (bicyclic) bond motifs is 2. The summed E-state index contributed by atoms with van der Waals surface area (Å²) in [5.74, 6) is -0.645. The second-order valence-electron chi connectivity index (χ2n) is 13.6. The lowest BCUT2D eigenvalue weighted by atomic mass is 9.95. The first-order chi connectivity index (χ1) is 22.7. The summed E-state index contributed by atoms with van der Waals surface area (Å²) in [5, 5.41) is 14.0. The average molecular weight is 682 g/mol. The first kappa shape index (κ1) is 29.6. The molecule has 0 bridgehead atoms. The Labute approximate surface area is 277 Å². The fraction of sp³-hybridized carbons (Fsp3) is 0.485. The standard InChI is InChI=1S/C33H31ClF3N7O2S/c34-24-22(17-2-3-19(36)28-21(17)18(12-38)29(39)47-28)25(37)26-23-27(24)45-9-8-44(20-11-32(20)5-6-40-14-32)30(23)42-31(41-26)46-15-33-4-1-7-43(33)13-16(35)10-33/h2-3,16,20,40H,1,4-11,13-15,39H2/t16-,20?,32?,33+/m1/s1. The smallest absolute Gasteiger partial charge is 0.319 e. The molecule has 3 saturated heterocycles. The molecule has 2 unspecified atom stereocenters. The van der Waals surface area contributed by atoms with Crippen molar-refractivity contribution in [2.24, 2.45) is 5.41 Å². The minimum absolute atomic E-state index is 0.0120. The molecule has 9 nitrogen and oxygen atoms in total. The van der Waals surface area contributed by atoms with Gasteiger partial charge in [0.2, 0.25) is 0 Å². The van der Waals surface area contributed by atoms with Gasteiger partial charge in [-0.3, -0.25) is 4.90 Å². The van der Waals surface area contributed by atoms with Gasteiger partial charge in [0, 0.05) is 41.9 Å². The van der Waals surface area contributed by atoms with E-state index in [1.165, 1.54) is 12.1 Å². The minimum Gasteiger partial charge on any atom is -0.489 e. The van der Waals surface area contributed by atoms with Gasteiger partial charge in [-0.2, -0.15) is 15.2 Å². The van der Waals surface area contributed by atoms with Crippen molar-refractivity contribution in [2.45, 2.75) is 49.9 Å². The van der Waals surface area contributed by atoms with Crippen LogP contribution in [0.25, 0.3) is 32.1 Å². The molecule has 6 heterocycles. The van der Waals surface area contributed by atoms with E-state index in [0.29, 0.717) is 30.7 Å².